The molecule has 10 heteroatoms. The first-order valence-corrected chi connectivity index (χ1v) is 9.67. The topological polar surface area (TPSA) is 130 Å². The van der Waals surface area contributed by atoms with Crippen LogP contribution in [0.25, 0.3) is 0 Å². The van der Waals surface area contributed by atoms with E-state index in [1.54, 1.807) is 6.92 Å². The number of hydrogen-bond acceptors (Lipinski definition) is 6. The number of carbonyl (C=O) groups is 2. The van der Waals surface area contributed by atoms with Gasteiger partial charge in [0.25, 0.3) is 15.9 Å². The van der Waals surface area contributed by atoms with Crippen LogP contribution in [0.1, 0.15) is 48.4 Å². The maximum atomic E-state index is 12.5. The number of aromatic nitrogens is 2. The van der Waals surface area contributed by atoms with Gasteiger partial charge in [-0.2, -0.15) is 13.5 Å². The standard InChI is InChI=1S/C17H22N4O5S/c1-5-26-16(23)13-10-18-20-15(13)27(24,25)21-12-8-6-11(7-9-12)14(22)19-17(2,3)4/h6-10,21H,5H2,1-4H3,(H,18,20)(H,19,22). The van der Waals surface area contributed by atoms with Crippen LogP contribution in [0.4, 0.5) is 5.69 Å². The van der Waals surface area contributed by atoms with E-state index in [1.165, 1.54) is 24.3 Å². The van der Waals surface area contributed by atoms with E-state index >= 15 is 0 Å². The molecule has 1 heterocycles. The van der Waals surface area contributed by atoms with Crippen molar-refractivity contribution in [1.29, 1.82) is 0 Å². The molecule has 0 aliphatic rings. The molecule has 2 rings (SSSR count). The highest BCUT2D eigenvalue weighted by molar-refractivity contribution is 7.92. The molecule has 0 spiro atoms. The molecule has 0 saturated heterocycles. The second-order valence-corrected chi connectivity index (χ2v) is 8.34. The van der Waals surface area contributed by atoms with Gasteiger partial charge in [0.15, 0.2) is 5.03 Å². The van der Waals surface area contributed by atoms with E-state index in [9.17, 15) is 18.0 Å². The fourth-order valence-corrected chi connectivity index (χ4v) is 3.29. The summed E-state index contributed by atoms with van der Waals surface area (Å²) in [6, 6.07) is 5.90. The Labute approximate surface area is 157 Å². The number of rotatable bonds is 6. The average Bonchev–Trinajstić information content (AvgIpc) is 3.04. The van der Waals surface area contributed by atoms with E-state index in [0.717, 1.165) is 6.20 Å². The fraction of sp³-hybridized carbons (Fsp3) is 0.353. The molecule has 0 aliphatic heterocycles. The molecule has 0 bridgehead atoms. The molecule has 27 heavy (non-hydrogen) atoms. The van der Waals surface area contributed by atoms with Crippen molar-refractivity contribution in [2.24, 2.45) is 0 Å². The number of esters is 1. The quantitative estimate of drug-likeness (QED) is 0.642. The molecule has 0 radical (unpaired) electrons. The number of carbonyl (C=O) groups excluding carboxylic acids is 2. The highest BCUT2D eigenvalue weighted by Gasteiger charge is 2.26. The summed E-state index contributed by atoms with van der Waals surface area (Å²) in [7, 11) is -4.10. The minimum Gasteiger partial charge on any atom is -0.462 e. The SMILES string of the molecule is CCOC(=O)c1cn[nH]c1S(=O)(=O)Nc1ccc(C(=O)NC(C)(C)C)cc1. The summed E-state index contributed by atoms with van der Waals surface area (Å²) >= 11 is 0. The Morgan fingerprint density at radius 3 is 2.37 bits per heavy atom. The van der Waals surface area contributed by atoms with Gasteiger partial charge in [-0.25, -0.2) is 4.79 Å². The van der Waals surface area contributed by atoms with Crippen molar-refractivity contribution in [2.75, 3.05) is 11.3 Å². The normalized spacial score (nSPS) is 11.7. The van der Waals surface area contributed by atoms with Crippen LogP contribution in [0.2, 0.25) is 0 Å². The van der Waals surface area contributed by atoms with E-state index in [4.69, 9.17) is 4.74 Å². The van der Waals surface area contributed by atoms with Gasteiger partial charge in [-0.05, 0) is 52.0 Å². The molecular formula is C17H22N4O5S. The van der Waals surface area contributed by atoms with Gasteiger partial charge in [0.1, 0.15) is 5.56 Å². The maximum Gasteiger partial charge on any atom is 0.342 e. The number of ether oxygens (including phenoxy) is 1. The molecule has 0 unspecified atom stereocenters. The van der Waals surface area contributed by atoms with Gasteiger partial charge >= 0.3 is 5.97 Å². The molecule has 1 amide bonds. The fourth-order valence-electron chi connectivity index (χ4n) is 2.14. The number of nitrogens with one attached hydrogen (secondary N) is 3. The number of H-pyrrole nitrogens is 1. The van der Waals surface area contributed by atoms with Crippen LogP contribution in [-0.4, -0.2) is 42.6 Å². The molecule has 0 aliphatic carbocycles. The molecule has 1 aromatic heterocycles. The van der Waals surface area contributed by atoms with Crippen LogP contribution >= 0.6 is 0 Å². The summed E-state index contributed by atoms with van der Waals surface area (Å²) in [6.45, 7) is 7.30. The monoisotopic (exact) mass is 394 g/mol. The number of benzene rings is 1. The zero-order valence-corrected chi connectivity index (χ0v) is 16.3. The third-order valence-electron chi connectivity index (χ3n) is 3.26. The minimum atomic E-state index is -4.10. The Morgan fingerprint density at radius 1 is 1.19 bits per heavy atom. The molecule has 146 valence electrons. The van der Waals surface area contributed by atoms with Crippen LogP contribution in [-0.2, 0) is 14.8 Å². The Hall–Kier alpha value is -2.88. The van der Waals surface area contributed by atoms with E-state index in [-0.39, 0.29) is 29.3 Å². The summed E-state index contributed by atoms with van der Waals surface area (Å²) in [5.41, 5.74) is 0.0421. The van der Waals surface area contributed by atoms with Crippen LogP contribution in [0, 0.1) is 0 Å². The molecule has 2 aromatic rings. The number of aromatic amines is 1. The van der Waals surface area contributed by atoms with Gasteiger partial charge < -0.3 is 10.1 Å². The van der Waals surface area contributed by atoms with Gasteiger partial charge in [-0.15, -0.1) is 0 Å². The van der Waals surface area contributed by atoms with Crippen molar-refractivity contribution in [3.63, 3.8) is 0 Å². The van der Waals surface area contributed by atoms with E-state index < -0.39 is 21.0 Å². The molecule has 1 aromatic carbocycles. The van der Waals surface area contributed by atoms with E-state index in [2.05, 4.69) is 20.2 Å². The third kappa shape index (κ3) is 5.30. The Bertz CT molecular complexity index is 927. The number of sulfonamides is 1. The van der Waals surface area contributed by atoms with E-state index in [0.29, 0.717) is 5.56 Å². The Balaban J connectivity index is 2.19. The predicted octanol–water partition coefficient (Wildman–Crippen LogP) is 1.92. The number of hydrogen-bond donors (Lipinski definition) is 3. The first kappa shape index (κ1) is 20.4. The van der Waals surface area contributed by atoms with Crippen LogP contribution < -0.4 is 10.0 Å². The van der Waals surface area contributed by atoms with Crippen LogP contribution in [0.5, 0.6) is 0 Å². The molecule has 9 nitrogen and oxygen atoms in total. The van der Waals surface area contributed by atoms with Crippen molar-refractivity contribution in [3.8, 4) is 0 Å². The smallest absolute Gasteiger partial charge is 0.342 e. The van der Waals surface area contributed by atoms with Crippen molar-refractivity contribution in [3.05, 3.63) is 41.6 Å². The maximum absolute atomic E-state index is 12.5. The van der Waals surface area contributed by atoms with Crippen molar-refractivity contribution < 1.29 is 22.7 Å². The number of nitrogens with zero attached hydrogens (tertiary/aromatic N) is 1. The lowest BCUT2D eigenvalue weighted by molar-refractivity contribution is 0.0521. The van der Waals surface area contributed by atoms with Gasteiger partial charge in [-0.1, -0.05) is 0 Å². The van der Waals surface area contributed by atoms with Crippen LogP contribution in [0.3, 0.4) is 0 Å². The molecule has 0 saturated carbocycles. The summed E-state index contributed by atoms with van der Waals surface area (Å²) in [6.07, 6.45) is 1.09. The zero-order chi connectivity index (χ0) is 20.2. The van der Waals surface area contributed by atoms with Crippen molar-refractivity contribution in [2.45, 2.75) is 38.3 Å². The molecular weight excluding hydrogens is 372 g/mol. The van der Waals surface area contributed by atoms with Crippen molar-refractivity contribution >= 4 is 27.6 Å². The Kier molecular flexibility index (Phi) is 5.89. The van der Waals surface area contributed by atoms with Gasteiger partial charge in [0, 0.05) is 16.8 Å². The summed E-state index contributed by atoms with van der Waals surface area (Å²) < 4.78 is 32.2. The highest BCUT2D eigenvalue weighted by atomic mass is 32.2. The van der Waals surface area contributed by atoms with Gasteiger partial charge in [0.2, 0.25) is 0 Å². The molecule has 0 fully saturated rings. The first-order chi connectivity index (χ1) is 12.5. The summed E-state index contributed by atoms with van der Waals surface area (Å²) in [4.78, 5) is 24.0. The predicted molar refractivity (Wildman–Crippen MR) is 99.0 cm³/mol. The lowest BCUT2D eigenvalue weighted by Gasteiger charge is -2.20. The highest BCUT2D eigenvalue weighted by Crippen LogP contribution is 2.19. The average molecular weight is 394 g/mol. The molecule has 3 N–H and O–H groups in total. The van der Waals surface area contributed by atoms with Gasteiger partial charge in [0.05, 0.1) is 12.8 Å². The number of amides is 1. The van der Waals surface area contributed by atoms with E-state index in [1.807, 2.05) is 20.8 Å². The van der Waals surface area contributed by atoms with Crippen molar-refractivity contribution in [1.82, 2.24) is 15.5 Å². The van der Waals surface area contributed by atoms with Crippen LogP contribution in [0.15, 0.2) is 35.5 Å². The Morgan fingerprint density at radius 2 is 1.81 bits per heavy atom. The zero-order valence-electron chi connectivity index (χ0n) is 15.5. The lowest BCUT2D eigenvalue weighted by Crippen LogP contribution is -2.40. The second-order valence-electron chi connectivity index (χ2n) is 6.72. The van der Waals surface area contributed by atoms with Gasteiger partial charge in [-0.3, -0.25) is 14.6 Å². The second kappa shape index (κ2) is 7.78. The first-order valence-electron chi connectivity index (χ1n) is 8.19. The minimum absolute atomic E-state index is 0.106. The molecule has 0 atom stereocenters. The summed E-state index contributed by atoms with van der Waals surface area (Å²) in [5, 5.41) is 8.32. The summed E-state index contributed by atoms with van der Waals surface area (Å²) in [5.74, 6) is -1.06. The number of anilines is 1. The lowest BCUT2D eigenvalue weighted by atomic mass is 10.1. The largest absolute Gasteiger partial charge is 0.462 e. The third-order valence-corrected chi connectivity index (χ3v) is 4.61.